The van der Waals surface area contributed by atoms with E-state index in [9.17, 15) is 4.79 Å². The van der Waals surface area contributed by atoms with Crippen LogP contribution in [0.2, 0.25) is 0 Å². The summed E-state index contributed by atoms with van der Waals surface area (Å²) in [6.45, 7) is 4.17. The lowest BCUT2D eigenvalue weighted by Gasteiger charge is -2.45. The van der Waals surface area contributed by atoms with E-state index < -0.39 is 0 Å². The van der Waals surface area contributed by atoms with Crippen molar-refractivity contribution in [3.05, 3.63) is 34.5 Å². The third-order valence-corrected chi connectivity index (χ3v) is 7.34. The van der Waals surface area contributed by atoms with Crippen LogP contribution in [0.15, 0.2) is 29.0 Å². The summed E-state index contributed by atoms with van der Waals surface area (Å²) < 4.78 is 5.60. The molecule has 7 heteroatoms. The van der Waals surface area contributed by atoms with E-state index in [0.29, 0.717) is 17.9 Å². The lowest BCUT2D eigenvalue weighted by Crippen LogP contribution is -2.58. The highest BCUT2D eigenvalue weighted by Crippen LogP contribution is 2.33. The Kier molecular flexibility index (Phi) is 7.25. The summed E-state index contributed by atoms with van der Waals surface area (Å²) in [6.07, 6.45) is 7.32. The predicted molar refractivity (Wildman–Crippen MR) is 127 cm³/mol. The van der Waals surface area contributed by atoms with E-state index in [1.54, 1.807) is 11.3 Å². The van der Waals surface area contributed by atoms with Crippen LogP contribution in [0.5, 0.6) is 0 Å². The molecule has 0 unspecified atom stereocenters. The molecule has 2 aromatic heterocycles. The molecule has 0 spiro atoms. The number of amides is 1. The summed E-state index contributed by atoms with van der Waals surface area (Å²) in [5.41, 5.74) is 2.66. The van der Waals surface area contributed by atoms with Crippen molar-refractivity contribution in [2.24, 2.45) is 0 Å². The van der Waals surface area contributed by atoms with Crippen molar-refractivity contribution in [1.82, 2.24) is 15.2 Å². The molecule has 0 bridgehead atoms. The van der Waals surface area contributed by atoms with Gasteiger partial charge >= 0.3 is 0 Å². The van der Waals surface area contributed by atoms with Gasteiger partial charge in [0.25, 0.3) is 5.91 Å². The van der Waals surface area contributed by atoms with Crippen molar-refractivity contribution in [1.29, 1.82) is 0 Å². The fourth-order valence-electron chi connectivity index (χ4n) is 4.91. The third-order valence-electron chi connectivity index (χ3n) is 6.65. The van der Waals surface area contributed by atoms with Crippen molar-refractivity contribution in [2.75, 3.05) is 51.8 Å². The lowest BCUT2D eigenvalue weighted by atomic mass is 9.87. The van der Waals surface area contributed by atoms with Gasteiger partial charge in [-0.15, -0.1) is 0 Å². The van der Waals surface area contributed by atoms with Crippen molar-refractivity contribution in [3.63, 3.8) is 0 Å². The molecule has 0 radical (unpaired) electrons. The molecular formula is C24H34N4O2S. The third kappa shape index (κ3) is 5.10. The summed E-state index contributed by atoms with van der Waals surface area (Å²) >= 11 is 1.65. The zero-order chi connectivity index (χ0) is 21.7. The molecule has 1 amide bonds. The van der Waals surface area contributed by atoms with Crippen LogP contribution in [0.1, 0.15) is 48.9 Å². The molecule has 1 N–H and O–H groups in total. The zero-order valence-corrected chi connectivity index (χ0v) is 19.5. The average molecular weight is 443 g/mol. The number of ether oxygens (including phenoxy) is 1. The Labute approximate surface area is 189 Å². The highest BCUT2D eigenvalue weighted by atomic mass is 32.1. The smallest absolute Gasteiger partial charge is 0.255 e. The molecule has 0 aromatic carbocycles. The maximum atomic E-state index is 13.3. The minimum absolute atomic E-state index is 0.0371. The second-order valence-electron chi connectivity index (χ2n) is 8.89. The molecule has 2 aromatic rings. The number of pyridine rings is 1. The van der Waals surface area contributed by atoms with Gasteiger partial charge in [0.05, 0.1) is 24.5 Å². The SMILES string of the molecule is CN(C)c1nc(-c2ccsc2)ccc1C(=O)NCC1(N2CCOCC2)CCCCCC1. The van der Waals surface area contributed by atoms with Crippen LogP contribution in [0.25, 0.3) is 11.3 Å². The first-order valence-corrected chi connectivity index (χ1v) is 12.4. The first kappa shape index (κ1) is 22.2. The van der Waals surface area contributed by atoms with Gasteiger partial charge in [-0.1, -0.05) is 25.7 Å². The van der Waals surface area contributed by atoms with Crippen LogP contribution >= 0.6 is 11.3 Å². The summed E-state index contributed by atoms with van der Waals surface area (Å²) in [5.74, 6) is 0.674. The highest BCUT2D eigenvalue weighted by molar-refractivity contribution is 7.08. The number of carbonyl (C=O) groups is 1. The number of morpholine rings is 1. The van der Waals surface area contributed by atoms with Crippen LogP contribution in [0.4, 0.5) is 5.82 Å². The Morgan fingerprint density at radius 1 is 1.16 bits per heavy atom. The highest BCUT2D eigenvalue weighted by Gasteiger charge is 2.38. The van der Waals surface area contributed by atoms with Gasteiger partial charge in [0.2, 0.25) is 0 Å². The average Bonchev–Trinajstić information content (AvgIpc) is 3.23. The number of carbonyl (C=O) groups excluding carboxylic acids is 1. The maximum absolute atomic E-state index is 13.3. The minimum atomic E-state index is -0.0371. The van der Waals surface area contributed by atoms with Crippen LogP contribution < -0.4 is 10.2 Å². The largest absolute Gasteiger partial charge is 0.379 e. The van der Waals surface area contributed by atoms with Gasteiger partial charge in [-0.2, -0.15) is 11.3 Å². The molecule has 2 aliphatic rings. The number of hydrogen-bond donors (Lipinski definition) is 1. The molecule has 31 heavy (non-hydrogen) atoms. The Balaban J connectivity index is 1.53. The van der Waals surface area contributed by atoms with Gasteiger partial charge in [0.1, 0.15) is 5.82 Å². The predicted octanol–water partition coefficient (Wildman–Crippen LogP) is 4.03. The van der Waals surface area contributed by atoms with Gasteiger partial charge in [-0.3, -0.25) is 9.69 Å². The topological polar surface area (TPSA) is 57.7 Å². The summed E-state index contributed by atoms with van der Waals surface area (Å²) in [6, 6.07) is 5.93. The normalized spacial score (nSPS) is 19.5. The molecule has 1 saturated carbocycles. The van der Waals surface area contributed by atoms with Crippen LogP contribution in [0.3, 0.4) is 0 Å². The van der Waals surface area contributed by atoms with E-state index in [1.165, 1.54) is 25.7 Å². The van der Waals surface area contributed by atoms with Crippen molar-refractivity contribution in [2.45, 2.75) is 44.1 Å². The van der Waals surface area contributed by atoms with Crippen molar-refractivity contribution >= 4 is 23.1 Å². The number of thiophene rings is 1. The van der Waals surface area contributed by atoms with Gasteiger partial charge < -0.3 is 15.0 Å². The molecule has 2 fully saturated rings. The van der Waals surface area contributed by atoms with E-state index in [4.69, 9.17) is 9.72 Å². The van der Waals surface area contributed by atoms with Gasteiger partial charge in [0, 0.05) is 50.2 Å². The van der Waals surface area contributed by atoms with Gasteiger partial charge in [-0.25, -0.2) is 4.98 Å². The molecule has 6 nitrogen and oxygen atoms in total. The number of hydrogen-bond acceptors (Lipinski definition) is 6. The number of anilines is 1. The van der Waals surface area contributed by atoms with Crippen LogP contribution in [0, 0.1) is 0 Å². The quantitative estimate of drug-likeness (QED) is 0.685. The standard InChI is InChI=1S/C24H34N4O2S/c1-27(2)22-20(7-8-21(26-22)19-9-16-31-17-19)23(29)25-18-24(10-5-3-4-6-11-24)28-12-14-30-15-13-28/h7-9,16-17H,3-6,10-15,18H2,1-2H3,(H,25,29). The van der Waals surface area contributed by atoms with Crippen molar-refractivity contribution < 1.29 is 9.53 Å². The number of nitrogens with one attached hydrogen (secondary N) is 1. The number of aromatic nitrogens is 1. The van der Waals surface area contributed by atoms with E-state index >= 15 is 0 Å². The first-order valence-electron chi connectivity index (χ1n) is 11.4. The van der Waals surface area contributed by atoms with Crippen LogP contribution in [-0.2, 0) is 4.74 Å². The van der Waals surface area contributed by atoms with Gasteiger partial charge in [0.15, 0.2) is 0 Å². The van der Waals surface area contributed by atoms with E-state index in [2.05, 4.69) is 21.7 Å². The second-order valence-corrected chi connectivity index (χ2v) is 9.67. The van der Waals surface area contributed by atoms with Crippen molar-refractivity contribution in [3.8, 4) is 11.3 Å². The summed E-state index contributed by atoms with van der Waals surface area (Å²) in [5, 5.41) is 7.43. The second kappa shape index (κ2) is 10.1. The van der Waals surface area contributed by atoms with E-state index in [1.807, 2.05) is 36.5 Å². The van der Waals surface area contributed by atoms with Gasteiger partial charge in [-0.05, 0) is 36.4 Å². The lowest BCUT2D eigenvalue weighted by molar-refractivity contribution is -0.0281. The molecule has 0 atom stereocenters. The molecule has 168 valence electrons. The zero-order valence-electron chi connectivity index (χ0n) is 18.7. The fourth-order valence-corrected chi connectivity index (χ4v) is 5.56. The summed E-state index contributed by atoms with van der Waals surface area (Å²) in [7, 11) is 3.88. The molecular weight excluding hydrogens is 408 g/mol. The number of nitrogens with zero attached hydrogens (tertiary/aromatic N) is 3. The Morgan fingerprint density at radius 3 is 2.55 bits per heavy atom. The summed E-state index contributed by atoms with van der Waals surface area (Å²) in [4.78, 5) is 22.6. The number of rotatable bonds is 6. The van der Waals surface area contributed by atoms with E-state index in [0.717, 1.165) is 50.4 Å². The fraction of sp³-hybridized carbons (Fsp3) is 0.583. The van der Waals surface area contributed by atoms with Crippen LogP contribution in [-0.4, -0.2) is 68.3 Å². The molecule has 1 saturated heterocycles. The molecule has 4 rings (SSSR count). The Bertz CT molecular complexity index is 854. The first-order chi connectivity index (χ1) is 15.1. The maximum Gasteiger partial charge on any atom is 0.255 e. The molecule has 1 aliphatic carbocycles. The Morgan fingerprint density at radius 2 is 1.90 bits per heavy atom. The monoisotopic (exact) mass is 442 g/mol. The molecule has 3 heterocycles. The van der Waals surface area contributed by atoms with E-state index in [-0.39, 0.29) is 11.4 Å². The Hall–Kier alpha value is -1.96. The minimum Gasteiger partial charge on any atom is -0.379 e. The molecule has 1 aliphatic heterocycles.